The van der Waals surface area contributed by atoms with Crippen LogP contribution in [0.1, 0.15) is 17.2 Å². The summed E-state index contributed by atoms with van der Waals surface area (Å²) in [7, 11) is 0. The van der Waals surface area contributed by atoms with E-state index in [0.717, 1.165) is 12.1 Å². The molecule has 0 radical (unpaired) electrons. The molecule has 3 N–H and O–H groups in total. The Bertz CT molecular complexity index is 560. The molecule has 0 saturated heterocycles. The highest BCUT2D eigenvalue weighted by molar-refractivity contribution is 6.31. The van der Waals surface area contributed by atoms with Gasteiger partial charge in [-0.1, -0.05) is 35.9 Å². The van der Waals surface area contributed by atoms with Crippen molar-refractivity contribution in [3.63, 3.8) is 0 Å². The van der Waals surface area contributed by atoms with Gasteiger partial charge in [0.25, 0.3) is 0 Å². The summed E-state index contributed by atoms with van der Waals surface area (Å²) in [5.74, 6) is 3.66. The molecule has 0 fully saturated rings. The van der Waals surface area contributed by atoms with E-state index in [1.165, 1.54) is 6.07 Å². The van der Waals surface area contributed by atoms with Gasteiger partial charge in [0.15, 0.2) is 11.6 Å². The summed E-state index contributed by atoms with van der Waals surface area (Å²) in [6.07, 6.45) is 0. The van der Waals surface area contributed by atoms with E-state index in [1.807, 2.05) is 0 Å². The van der Waals surface area contributed by atoms with Crippen molar-refractivity contribution < 1.29 is 8.78 Å². The molecule has 2 aromatic carbocycles. The summed E-state index contributed by atoms with van der Waals surface area (Å²) < 4.78 is 26.1. The lowest BCUT2D eigenvalue weighted by atomic mass is 9.99. The second-order valence-electron chi connectivity index (χ2n) is 3.79. The first-order valence-corrected chi connectivity index (χ1v) is 5.66. The SMILES string of the molecule is NNC(c1ccc(F)c(F)c1)c1ccccc1Cl. The quantitative estimate of drug-likeness (QED) is 0.663. The van der Waals surface area contributed by atoms with E-state index in [2.05, 4.69) is 5.43 Å². The van der Waals surface area contributed by atoms with Crippen LogP contribution in [0, 0.1) is 11.6 Å². The van der Waals surface area contributed by atoms with Crippen molar-refractivity contribution in [3.05, 3.63) is 70.2 Å². The molecule has 1 unspecified atom stereocenters. The Balaban J connectivity index is 2.45. The summed E-state index contributed by atoms with van der Waals surface area (Å²) in [4.78, 5) is 0. The summed E-state index contributed by atoms with van der Waals surface area (Å²) in [5.41, 5.74) is 3.75. The van der Waals surface area contributed by atoms with E-state index in [0.29, 0.717) is 16.1 Å². The van der Waals surface area contributed by atoms with E-state index in [1.54, 1.807) is 24.3 Å². The maximum atomic E-state index is 13.2. The maximum absolute atomic E-state index is 13.2. The smallest absolute Gasteiger partial charge is 0.159 e. The van der Waals surface area contributed by atoms with Crippen molar-refractivity contribution in [1.29, 1.82) is 0 Å². The van der Waals surface area contributed by atoms with Gasteiger partial charge in [-0.2, -0.15) is 0 Å². The largest absolute Gasteiger partial charge is 0.271 e. The van der Waals surface area contributed by atoms with Gasteiger partial charge in [-0.15, -0.1) is 0 Å². The molecule has 0 saturated carbocycles. The Hall–Kier alpha value is -1.49. The predicted octanol–water partition coefficient (Wildman–Crippen LogP) is 3.17. The Morgan fingerprint density at radius 1 is 1.06 bits per heavy atom. The van der Waals surface area contributed by atoms with E-state index >= 15 is 0 Å². The van der Waals surface area contributed by atoms with Crippen molar-refractivity contribution in [1.82, 2.24) is 5.43 Å². The number of rotatable bonds is 3. The fourth-order valence-corrected chi connectivity index (χ4v) is 2.01. The van der Waals surface area contributed by atoms with Crippen LogP contribution >= 0.6 is 11.6 Å². The van der Waals surface area contributed by atoms with Gasteiger partial charge in [0, 0.05) is 5.02 Å². The lowest BCUT2D eigenvalue weighted by Crippen LogP contribution is -2.29. The summed E-state index contributed by atoms with van der Waals surface area (Å²) in [6, 6.07) is 10.2. The van der Waals surface area contributed by atoms with Crippen LogP contribution in [0.25, 0.3) is 0 Å². The minimum Gasteiger partial charge on any atom is -0.271 e. The minimum absolute atomic E-state index is 0.492. The van der Waals surface area contributed by atoms with Gasteiger partial charge in [-0.05, 0) is 29.3 Å². The molecular formula is C13H11ClF2N2. The standard InChI is InChI=1S/C13H11ClF2N2/c14-10-4-2-1-3-9(10)13(18-17)8-5-6-11(15)12(16)7-8/h1-7,13,18H,17H2. The van der Waals surface area contributed by atoms with Crippen molar-refractivity contribution in [3.8, 4) is 0 Å². The highest BCUT2D eigenvalue weighted by Gasteiger charge is 2.16. The Kier molecular flexibility index (Phi) is 3.91. The Morgan fingerprint density at radius 3 is 2.39 bits per heavy atom. The number of nitrogens with two attached hydrogens (primary N) is 1. The highest BCUT2D eigenvalue weighted by Crippen LogP contribution is 2.28. The van der Waals surface area contributed by atoms with Gasteiger partial charge < -0.3 is 0 Å². The van der Waals surface area contributed by atoms with Crippen molar-refractivity contribution in [2.75, 3.05) is 0 Å². The number of nitrogens with one attached hydrogen (secondary N) is 1. The van der Waals surface area contributed by atoms with E-state index < -0.39 is 17.7 Å². The molecule has 2 nitrogen and oxygen atoms in total. The lowest BCUT2D eigenvalue weighted by molar-refractivity contribution is 0.504. The third-order valence-corrected chi connectivity index (χ3v) is 3.00. The third kappa shape index (κ3) is 2.51. The molecule has 0 aliphatic rings. The molecule has 1 atom stereocenters. The van der Waals surface area contributed by atoms with Crippen LogP contribution in [0.5, 0.6) is 0 Å². The van der Waals surface area contributed by atoms with Crippen LogP contribution in [0.4, 0.5) is 8.78 Å². The van der Waals surface area contributed by atoms with Gasteiger partial charge in [-0.25, -0.2) is 14.2 Å². The predicted molar refractivity (Wildman–Crippen MR) is 67.0 cm³/mol. The second kappa shape index (κ2) is 5.44. The molecule has 0 spiro atoms. The molecule has 94 valence electrons. The molecule has 18 heavy (non-hydrogen) atoms. The molecular weight excluding hydrogens is 258 g/mol. The third-order valence-electron chi connectivity index (χ3n) is 2.66. The Labute approximate surface area is 108 Å². The number of hydrogen-bond donors (Lipinski definition) is 2. The summed E-state index contributed by atoms with van der Waals surface area (Å²) in [6.45, 7) is 0. The monoisotopic (exact) mass is 268 g/mol. The molecule has 0 aromatic heterocycles. The van der Waals surface area contributed by atoms with Crippen LogP contribution in [0.15, 0.2) is 42.5 Å². The van der Waals surface area contributed by atoms with Gasteiger partial charge in [-0.3, -0.25) is 5.84 Å². The lowest BCUT2D eigenvalue weighted by Gasteiger charge is -2.18. The van der Waals surface area contributed by atoms with Crippen molar-refractivity contribution in [2.45, 2.75) is 6.04 Å². The summed E-state index contributed by atoms with van der Waals surface area (Å²) >= 11 is 6.06. The van der Waals surface area contributed by atoms with Gasteiger partial charge in [0.2, 0.25) is 0 Å². The van der Waals surface area contributed by atoms with E-state index in [-0.39, 0.29) is 0 Å². The zero-order valence-electron chi connectivity index (χ0n) is 9.33. The topological polar surface area (TPSA) is 38.0 Å². The molecule has 2 rings (SSSR count). The number of hydrogen-bond acceptors (Lipinski definition) is 2. The first-order chi connectivity index (χ1) is 8.63. The number of benzene rings is 2. The molecule has 0 amide bonds. The van der Waals surface area contributed by atoms with Crippen LogP contribution in [-0.4, -0.2) is 0 Å². The molecule has 0 heterocycles. The van der Waals surface area contributed by atoms with E-state index in [4.69, 9.17) is 17.4 Å². The van der Waals surface area contributed by atoms with Crippen LogP contribution in [0.2, 0.25) is 5.02 Å². The normalized spacial score (nSPS) is 12.4. The van der Waals surface area contributed by atoms with Crippen LogP contribution in [0.3, 0.4) is 0 Å². The van der Waals surface area contributed by atoms with Gasteiger partial charge >= 0.3 is 0 Å². The molecule has 0 bridgehead atoms. The number of halogens is 3. The molecule has 2 aromatic rings. The average molecular weight is 269 g/mol. The van der Waals surface area contributed by atoms with Crippen LogP contribution < -0.4 is 11.3 Å². The first-order valence-electron chi connectivity index (χ1n) is 5.29. The highest BCUT2D eigenvalue weighted by atomic mass is 35.5. The van der Waals surface area contributed by atoms with Crippen LogP contribution in [-0.2, 0) is 0 Å². The Morgan fingerprint density at radius 2 is 1.78 bits per heavy atom. The first kappa shape index (κ1) is 13.0. The fraction of sp³-hybridized carbons (Fsp3) is 0.0769. The molecule has 5 heteroatoms. The van der Waals surface area contributed by atoms with Crippen molar-refractivity contribution in [2.24, 2.45) is 5.84 Å². The fourth-order valence-electron chi connectivity index (χ4n) is 1.77. The second-order valence-corrected chi connectivity index (χ2v) is 4.20. The maximum Gasteiger partial charge on any atom is 0.159 e. The molecule has 0 aliphatic heterocycles. The van der Waals surface area contributed by atoms with Gasteiger partial charge in [0.1, 0.15) is 0 Å². The zero-order chi connectivity index (χ0) is 13.1. The minimum atomic E-state index is -0.917. The summed E-state index contributed by atoms with van der Waals surface area (Å²) in [5, 5.41) is 0.505. The zero-order valence-corrected chi connectivity index (χ0v) is 10.1. The van der Waals surface area contributed by atoms with Crippen molar-refractivity contribution >= 4 is 11.6 Å². The van der Waals surface area contributed by atoms with Gasteiger partial charge in [0.05, 0.1) is 6.04 Å². The number of hydrazine groups is 1. The average Bonchev–Trinajstić information content (AvgIpc) is 2.37. The molecule has 0 aliphatic carbocycles. The van der Waals surface area contributed by atoms with E-state index in [9.17, 15) is 8.78 Å².